The Morgan fingerprint density at radius 2 is 1.79 bits per heavy atom. The highest BCUT2D eigenvalue weighted by Crippen LogP contribution is 2.69. The van der Waals surface area contributed by atoms with Crippen LogP contribution in [0, 0.1) is 29.6 Å². The van der Waals surface area contributed by atoms with Gasteiger partial charge >= 0.3 is 0 Å². The first-order valence-electron chi connectivity index (χ1n) is 7.43. The first kappa shape index (κ1) is 11.5. The van der Waals surface area contributed by atoms with Gasteiger partial charge in [-0.15, -0.1) is 0 Å². The number of hydrogen-bond acceptors (Lipinski definition) is 2. The maximum atomic E-state index is 12.4. The molecular weight excluding hydrogens is 236 g/mol. The molecule has 2 nitrogen and oxygen atoms in total. The third-order valence-corrected chi connectivity index (χ3v) is 5.64. The van der Waals surface area contributed by atoms with E-state index in [-0.39, 0.29) is 0 Å². The van der Waals surface area contributed by atoms with Crippen LogP contribution in [0.25, 0.3) is 0 Å². The molecule has 0 aromatic heterocycles. The van der Waals surface area contributed by atoms with E-state index >= 15 is 0 Å². The van der Waals surface area contributed by atoms with Gasteiger partial charge in [0.25, 0.3) is 0 Å². The fourth-order valence-corrected chi connectivity index (χ4v) is 4.82. The van der Waals surface area contributed by atoms with E-state index < -0.39 is 0 Å². The molecule has 0 N–H and O–H groups in total. The highest BCUT2D eigenvalue weighted by molar-refractivity contribution is 5.86. The lowest BCUT2D eigenvalue weighted by atomic mass is 9.96. The molecular formula is C17H20O2. The molecule has 0 heterocycles. The molecule has 4 atom stereocenters. The summed E-state index contributed by atoms with van der Waals surface area (Å²) in [5.41, 5.74) is 1.13. The Kier molecular flexibility index (Phi) is 2.48. The summed E-state index contributed by atoms with van der Waals surface area (Å²) < 4.78 is 5.15. The van der Waals surface area contributed by atoms with E-state index in [0.29, 0.717) is 18.1 Å². The third kappa shape index (κ3) is 1.73. The number of hydrogen-bond donors (Lipinski definition) is 0. The minimum Gasteiger partial charge on any atom is -0.497 e. The topological polar surface area (TPSA) is 26.3 Å². The van der Waals surface area contributed by atoms with Gasteiger partial charge in [0.05, 0.1) is 7.11 Å². The number of ether oxygens (including phenoxy) is 1. The summed E-state index contributed by atoms with van der Waals surface area (Å²) in [6.07, 6.45) is 4.80. The average Bonchev–Trinajstić information content (AvgIpc) is 2.89. The fraction of sp³-hybridized carbons (Fsp3) is 0.588. The Balaban J connectivity index is 1.42. The Morgan fingerprint density at radius 3 is 2.37 bits per heavy atom. The number of carbonyl (C=O) groups excluding carboxylic acids is 1. The molecule has 2 heteroatoms. The molecule has 3 saturated carbocycles. The zero-order valence-electron chi connectivity index (χ0n) is 11.3. The van der Waals surface area contributed by atoms with Gasteiger partial charge in [-0.25, -0.2) is 0 Å². The third-order valence-electron chi connectivity index (χ3n) is 5.64. The van der Waals surface area contributed by atoms with Crippen LogP contribution in [-0.4, -0.2) is 12.9 Å². The van der Waals surface area contributed by atoms with Crippen molar-refractivity contribution in [2.24, 2.45) is 29.6 Å². The van der Waals surface area contributed by atoms with Crippen LogP contribution in [0.4, 0.5) is 0 Å². The molecule has 1 aromatic carbocycles. The highest BCUT2D eigenvalue weighted by Gasteiger charge is 2.66. The smallest absolute Gasteiger partial charge is 0.140 e. The van der Waals surface area contributed by atoms with Crippen LogP contribution in [0.2, 0.25) is 0 Å². The molecule has 100 valence electrons. The highest BCUT2D eigenvalue weighted by atomic mass is 16.5. The molecule has 2 bridgehead atoms. The molecule has 1 aromatic rings. The van der Waals surface area contributed by atoms with E-state index in [2.05, 4.69) is 0 Å². The predicted molar refractivity (Wildman–Crippen MR) is 73.0 cm³/mol. The lowest BCUT2D eigenvalue weighted by Crippen LogP contribution is -2.12. The molecule has 19 heavy (non-hydrogen) atoms. The van der Waals surface area contributed by atoms with Crippen molar-refractivity contribution < 1.29 is 9.53 Å². The number of benzene rings is 1. The van der Waals surface area contributed by atoms with Gasteiger partial charge in [0.2, 0.25) is 0 Å². The van der Waals surface area contributed by atoms with E-state index in [9.17, 15) is 4.79 Å². The molecule has 3 aliphatic carbocycles. The standard InChI is InChI=1S/C17H20O2/c1-19-13-6-2-10(3-7-13)8-14(18)17-15-11-4-5-12(9-11)16(15)17/h2-3,6-7,11-12,15-17H,4-5,8-9H2,1H3. The van der Waals surface area contributed by atoms with Gasteiger partial charge in [0, 0.05) is 12.3 Å². The second-order valence-electron chi connectivity index (χ2n) is 6.50. The minimum atomic E-state index is 0.411. The first-order valence-corrected chi connectivity index (χ1v) is 7.43. The van der Waals surface area contributed by atoms with Crippen LogP contribution in [0.1, 0.15) is 24.8 Å². The van der Waals surface area contributed by atoms with Crippen molar-refractivity contribution in [2.45, 2.75) is 25.7 Å². The summed E-state index contributed by atoms with van der Waals surface area (Å²) in [6.45, 7) is 0. The quantitative estimate of drug-likeness (QED) is 0.827. The summed E-state index contributed by atoms with van der Waals surface area (Å²) in [6, 6.07) is 7.92. The van der Waals surface area contributed by atoms with Gasteiger partial charge in [-0.1, -0.05) is 12.1 Å². The number of ketones is 1. The second-order valence-corrected chi connectivity index (χ2v) is 6.50. The summed E-state index contributed by atoms with van der Waals surface area (Å²) >= 11 is 0. The molecule has 0 spiro atoms. The van der Waals surface area contributed by atoms with E-state index in [1.165, 1.54) is 19.3 Å². The van der Waals surface area contributed by atoms with Crippen LogP contribution in [0.3, 0.4) is 0 Å². The SMILES string of the molecule is COc1ccc(CC(=O)C2C3C4CCC(C4)C23)cc1. The largest absolute Gasteiger partial charge is 0.497 e. The average molecular weight is 256 g/mol. The molecule has 0 saturated heterocycles. The lowest BCUT2D eigenvalue weighted by molar-refractivity contribution is -0.120. The van der Waals surface area contributed by atoms with Crippen LogP contribution < -0.4 is 4.74 Å². The van der Waals surface area contributed by atoms with Crippen molar-refractivity contribution in [1.82, 2.24) is 0 Å². The van der Waals surface area contributed by atoms with Gasteiger partial charge in [-0.3, -0.25) is 4.79 Å². The first-order chi connectivity index (χ1) is 9.28. The summed E-state index contributed by atoms with van der Waals surface area (Å²) in [5.74, 6) is 5.07. The predicted octanol–water partition coefficient (Wildman–Crippen LogP) is 3.10. The molecule has 0 radical (unpaired) electrons. The molecule has 3 aliphatic rings. The van der Waals surface area contributed by atoms with E-state index in [0.717, 1.165) is 35.0 Å². The van der Waals surface area contributed by atoms with Gasteiger partial charge in [0.15, 0.2) is 0 Å². The summed E-state index contributed by atoms with van der Waals surface area (Å²) in [5, 5.41) is 0. The van der Waals surface area contributed by atoms with Gasteiger partial charge < -0.3 is 4.74 Å². The Labute approximate surface area is 114 Å². The van der Waals surface area contributed by atoms with Crippen molar-refractivity contribution in [2.75, 3.05) is 7.11 Å². The molecule has 3 fully saturated rings. The van der Waals surface area contributed by atoms with E-state index in [4.69, 9.17) is 4.74 Å². The number of fused-ring (bicyclic) bond motifs is 5. The fourth-order valence-electron chi connectivity index (χ4n) is 4.82. The van der Waals surface area contributed by atoms with Crippen molar-refractivity contribution in [1.29, 1.82) is 0 Å². The second kappa shape index (κ2) is 4.09. The van der Waals surface area contributed by atoms with E-state index in [1.54, 1.807) is 7.11 Å². The molecule has 4 unspecified atom stereocenters. The maximum Gasteiger partial charge on any atom is 0.140 e. The van der Waals surface area contributed by atoms with E-state index in [1.807, 2.05) is 24.3 Å². The minimum absolute atomic E-state index is 0.411. The lowest BCUT2D eigenvalue weighted by Gasteiger charge is -2.08. The van der Waals surface area contributed by atoms with Crippen LogP contribution in [0.5, 0.6) is 5.75 Å². The number of carbonyl (C=O) groups is 1. The zero-order valence-corrected chi connectivity index (χ0v) is 11.3. The van der Waals surface area contributed by atoms with Crippen molar-refractivity contribution in [3.63, 3.8) is 0 Å². The zero-order chi connectivity index (χ0) is 13.0. The monoisotopic (exact) mass is 256 g/mol. The van der Waals surface area contributed by atoms with Gasteiger partial charge in [0.1, 0.15) is 11.5 Å². The Bertz CT molecular complexity index is 488. The van der Waals surface area contributed by atoms with Gasteiger partial charge in [-0.05, 0) is 60.6 Å². The normalized spacial score (nSPS) is 38.1. The van der Waals surface area contributed by atoms with Crippen molar-refractivity contribution in [3.05, 3.63) is 29.8 Å². The van der Waals surface area contributed by atoms with Crippen molar-refractivity contribution in [3.8, 4) is 5.75 Å². The number of Topliss-reactive ketones (excluding diaryl/α,β-unsaturated/α-hetero) is 1. The van der Waals surface area contributed by atoms with Crippen LogP contribution in [-0.2, 0) is 11.2 Å². The Hall–Kier alpha value is -1.31. The van der Waals surface area contributed by atoms with Gasteiger partial charge in [-0.2, -0.15) is 0 Å². The van der Waals surface area contributed by atoms with Crippen molar-refractivity contribution >= 4 is 5.78 Å². The van der Waals surface area contributed by atoms with Crippen LogP contribution >= 0.6 is 0 Å². The molecule has 0 amide bonds. The van der Waals surface area contributed by atoms with Crippen LogP contribution in [0.15, 0.2) is 24.3 Å². The number of rotatable bonds is 4. The summed E-state index contributed by atoms with van der Waals surface area (Å²) in [7, 11) is 1.67. The molecule has 4 rings (SSSR count). The molecule has 0 aliphatic heterocycles. The Morgan fingerprint density at radius 1 is 1.16 bits per heavy atom. The summed E-state index contributed by atoms with van der Waals surface area (Å²) in [4.78, 5) is 12.4. The maximum absolute atomic E-state index is 12.4. The number of methoxy groups -OCH3 is 1.